The van der Waals surface area contributed by atoms with E-state index in [2.05, 4.69) is 26.6 Å². The quantitative estimate of drug-likeness (QED) is 0.0346. The van der Waals surface area contributed by atoms with Crippen LogP contribution in [-0.4, -0.2) is 393 Å². The number of carbonyl (C=O) groups is 6. The molecule has 0 aromatic carbocycles. The van der Waals surface area contributed by atoms with Crippen LogP contribution in [0.25, 0.3) is 0 Å². The van der Waals surface area contributed by atoms with Gasteiger partial charge in [-0.1, -0.05) is 20.8 Å². The smallest absolute Gasteiger partial charge is 0.217 e. The van der Waals surface area contributed by atoms with Gasteiger partial charge in [-0.05, 0) is 20.8 Å². The number of aliphatic hydroxyl groups is 18. The number of nitrogens with one attached hydrogen (secondary N) is 5. The largest absolute Gasteiger partial charge is 0.394 e. The van der Waals surface area contributed by atoms with Gasteiger partial charge in [-0.3, -0.25) is 28.8 Å². The highest BCUT2D eigenvalue weighted by Gasteiger charge is 2.60. The zero-order valence-electron chi connectivity index (χ0n) is 58.7. The Kier molecular flexibility index (Phi) is 31.1. The molecule has 0 aliphatic carbocycles. The summed E-state index contributed by atoms with van der Waals surface area (Å²) in [6, 6.07) is -8.00. The van der Waals surface area contributed by atoms with Gasteiger partial charge < -0.3 is 180 Å². The molecule has 600 valence electrons. The Morgan fingerprint density at radius 2 is 0.635 bits per heavy atom. The first-order valence-electron chi connectivity index (χ1n) is 33.9. The highest BCUT2D eigenvalue weighted by Crippen LogP contribution is 2.39. The molecule has 0 aromatic rings. The van der Waals surface area contributed by atoms with Gasteiger partial charge in [0.15, 0.2) is 49.8 Å². The van der Waals surface area contributed by atoms with Crippen molar-refractivity contribution in [2.24, 2.45) is 5.41 Å². The fourth-order valence-corrected chi connectivity index (χ4v) is 13.4. The SMILES string of the molecule is CC(=O)NC1C(CC(=O)C[C@H](NC(C)(C)C)C(=O)C(C)(C)C)OC(CO)C(OC2OC(CO)C(OC3OC(OC4OC(CO)C(O)C(O)C4OC4OC(CO)C(O)C(O)C4NC(C)=O)C(O)C(OC4OC(CO)C(O)C(O)C4OC4OC(CO)C(O)C(O)C4NC(C)=O)C3O)C(O)C2NC(C)=O)C1O. The molecular formula is C62H105N5O37. The van der Waals surface area contributed by atoms with Gasteiger partial charge in [-0.25, -0.2) is 0 Å². The van der Waals surface area contributed by atoms with Gasteiger partial charge in [0.1, 0.15) is 164 Å². The van der Waals surface area contributed by atoms with E-state index in [0.29, 0.717) is 0 Å². The molecule has 23 N–H and O–H groups in total. The minimum absolute atomic E-state index is 0.300. The molecule has 0 radical (unpaired) electrons. The number of aliphatic hydroxyl groups excluding tert-OH is 18. The standard InChI is InChI=1S/C62H105N5O37/c1-19(74)63-32-25(12-23(78)11-24(67-62(8,9)10)53(91)61(5,6)7)92-30(17-72)48(42(32)85)98-56-35(66-22(4)77)43(86)49(31(18-73)97-56)99-57-46(89)50(100-59-51(44(87)38(81)28(15-70)95-59)101-54-33(64-20(2)75)40(83)36(79)26(13-68)93-54)47(90)58(103-57)104-60-52(45(88)39(82)29(16-71)96-60)102-55-34(65-21(3)76)41(84)37(80)27(14-69)94-55/h24-52,54-60,67-73,79-90H,11-18H2,1-10H3,(H,63,74)(H,64,75)(H,65,76)(H,66,77)/t24-,25?,26?,27?,28?,29?,30?,31?,32?,33?,34?,35?,36?,37?,38?,39?,40?,41?,42?,43?,44?,45?,46?,47?,48?,49?,50?,51?,52?,54?,55?,56?,57?,58?,59?,60?/m0/s1. The fraction of sp³-hybridized carbons (Fsp3) is 0.903. The molecule has 0 spiro atoms. The Balaban J connectivity index is 1.25. The average molecular weight is 1510 g/mol. The molecule has 7 rings (SSSR count). The van der Waals surface area contributed by atoms with Gasteiger partial charge in [0.05, 0.1) is 57.8 Å². The van der Waals surface area contributed by atoms with E-state index in [4.69, 9.17) is 61.6 Å². The van der Waals surface area contributed by atoms with Crippen molar-refractivity contribution in [1.29, 1.82) is 0 Å². The molecule has 7 fully saturated rings. The number of rotatable bonds is 28. The van der Waals surface area contributed by atoms with Gasteiger partial charge in [-0.2, -0.15) is 0 Å². The summed E-state index contributed by atoms with van der Waals surface area (Å²) in [5.74, 6) is -4.26. The molecule has 104 heavy (non-hydrogen) atoms. The zero-order chi connectivity index (χ0) is 77.6. The van der Waals surface area contributed by atoms with Gasteiger partial charge >= 0.3 is 0 Å². The first-order valence-corrected chi connectivity index (χ1v) is 33.9. The predicted octanol–water partition coefficient (Wildman–Crippen LogP) is -13.0. The van der Waals surface area contributed by atoms with Crippen LogP contribution in [0.1, 0.15) is 82.1 Å². The minimum Gasteiger partial charge on any atom is -0.394 e. The van der Waals surface area contributed by atoms with Gasteiger partial charge in [0.25, 0.3) is 0 Å². The van der Waals surface area contributed by atoms with Crippen LogP contribution in [0.3, 0.4) is 0 Å². The summed E-state index contributed by atoms with van der Waals surface area (Å²) >= 11 is 0. The molecule has 0 aromatic heterocycles. The van der Waals surface area contributed by atoms with Crippen LogP contribution in [0.5, 0.6) is 0 Å². The number of amides is 4. The molecule has 7 heterocycles. The maximum absolute atomic E-state index is 14.0. The number of Topliss-reactive ketones (excluding diaryl/α,β-unsaturated/α-hetero) is 2. The summed E-state index contributed by atoms with van der Waals surface area (Å²) < 4.78 is 78.3. The van der Waals surface area contributed by atoms with E-state index in [-0.39, 0.29) is 12.2 Å². The Bertz CT molecular complexity index is 2810. The molecule has 7 aliphatic rings. The Morgan fingerprint density at radius 3 is 1.02 bits per heavy atom. The molecule has 4 amide bonds. The van der Waals surface area contributed by atoms with E-state index >= 15 is 0 Å². The number of ketones is 2. The topological polar surface area (TPSA) is 647 Å². The normalized spacial score (nSPS) is 43.4. The predicted molar refractivity (Wildman–Crippen MR) is 336 cm³/mol. The third kappa shape index (κ3) is 20.7. The van der Waals surface area contributed by atoms with Crippen LogP contribution in [0.4, 0.5) is 0 Å². The molecule has 35 unspecified atom stereocenters. The van der Waals surface area contributed by atoms with Crippen molar-refractivity contribution in [3.8, 4) is 0 Å². The first kappa shape index (κ1) is 87.2. The number of ether oxygens (including phenoxy) is 13. The molecule has 0 saturated carbocycles. The highest BCUT2D eigenvalue weighted by atomic mass is 16.8. The molecule has 42 nitrogen and oxygen atoms in total. The number of hydrogen-bond donors (Lipinski definition) is 23. The van der Waals surface area contributed by atoms with E-state index < -0.39 is 307 Å². The number of hydrogen-bond acceptors (Lipinski definition) is 38. The summed E-state index contributed by atoms with van der Waals surface area (Å²) in [4.78, 5) is 78.5. The van der Waals surface area contributed by atoms with Gasteiger partial charge in [0, 0.05) is 51.5 Å². The number of carbonyl (C=O) groups excluding carboxylic acids is 6. The first-order chi connectivity index (χ1) is 48.6. The van der Waals surface area contributed by atoms with Crippen LogP contribution < -0.4 is 26.6 Å². The summed E-state index contributed by atoms with van der Waals surface area (Å²) in [5.41, 5.74) is -1.55. The van der Waals surface area contributed by atoms with E-state index in [1.54, 1.807) is 41.5 Å². The summed E-state index contributed by atoms with van der Waals surface area (Å²) in [6.07, 6.45) is -65.7. The van der Waals surface area contributed by atoms with Crippen LogP contribution in [-0.2, 0) is 90.3 Å². The van der Waals surface area contributed by atoms with E-state index in [9.17, 15) is 121 Å². The lowest BCUT2D eigenvalue weighted by Gasteiger charge is -2.51. The lowest BCUT2D eigenvalue weighted by Crippen LogP contribution is -2.71. The summed E-state index contributed by atoms with van der Waals surface area (Å²) in [7, 11) is 0. The Morgan fingerprint density at radius 1 is 0.327 bits per heavy atom. The molecule has 7 saturated heterocycles. The van der Waals surface area contributed by atoms with Crippen molar-refractivity contribution in [2.75, 3.05) is 39.6 Å². The van der Waals surface area contributed by atoms with E-state index in [1.165, 1.54) is 0 Å². The van der Waals surface area contributed by atoms with Gasteiger partial charge in [-0.15, -0.1) is 0 Å². The molecular weight excluding hydrogens is 1410 g/mol. The minimum atomic E-state index is -2.58. The second kappa shape index (κ2) is 37.1. The van der Waals surface area contributed by atoms with Crippen molar-refractivity contribution >= 4 is 35.2 Å². The maximum atomic E-state index is 14.0. The third-order valence-corrected chi connectivity index (χ3v) is 18.5. The summed E-state index contributed by atoms with van der Waals surface area (Å²) in [6.45, 7) is 8.00. The second-order valence-electron chi connectivity index (χ2n) is 28.8. The van der Waals surface area contributed by atoms with Crippen molar-refractivity contribution in [3.63, 3.8) is 0 Å². The van der Waals surface area contributed by atoms with Crippen LogP contribution in [0.2, 0.25) is 0 Å². The van der Waals surface area contributed by atoms with Crippen LogP contribution in [0, 0.1) is 5.41 Å². The average Bonchev–Trinajstić information content (AvgIpc) is 0.772. The summed E-state index contributed by atoms with van der Waals surface area (Å²) in [5, 5.41) is 215. The van der Waals surface area contributed by atoms with Crippen molar-refractivity contribution < 1.29 is 182 Å². The lowest BCUT2D eigenvalue weighted by molar-refractivity contribution is -0.432. The van der Waals surface area contributed by atoms with Crippen LogP contribution in [0.15, 0.2) is 0 Å². The monoisotopic (exact) mass is 1510 g/mol. The maximum Gasteiger partial charge on any atom is 0.217 e. The molecule has 0 bridgehead atoms. The molecule has 7 aliphatic heterocycles. The fourth-order valence-electron chi connectivity index (χ4n) is 13.4. The van der Waals surface area contributed by atoms with Crippen molar-refractivity contribution in [1.82, 2.24) is 26.6 Å². The second-order valence-corrected chi connectivity index (χ2v) is 28.8. The lowest BCUT2D eigenvalue weighted by atomic mass is 9.82. The third-order valence-electron chi connectivity index (χ3n) is 18.5. The van der Waals surface area contributed by atoms with E-state index in [1.807, 2.05) is 0 Å². The van der Waals surface area contributed by atoms with Crippen molar-refractivity contribution in [2.45, 2.75) is 308 Å². The highest BCUT2D eigenvalue weighted by molar-refractivity contribution is 5.93. The van der Waals surface area contributed by atoms with Gasteiger partial charge in [0.2, 0.25) is 23.6 Å². The zero-order valence-corrected chi connectivity index (χ0v) is 58.7. The van der Waals surface area contributed by atoms with E-state index in [0.717, 1.165) is 27.7 Å². The Labute approximate surface area is 595 Å². The molecule has 42 heteroatoms. The van der Waals surface area contributed by atoms with Crippen LogP contribution >= 0.6 is 0 Å². The van der Waals surface area contributed by atoms with Crippen molar-refractivity contribution in [3.05, 3.63) is 0 Å². The Hall–Kier alpha value is -4.06. The molecule has 36 atom stereocenters.